The van der Waals surface area contributed by atoms with Crippen molar-refractivity contribution in [2.75, 3.05) is 0 Å². The van der Waals surface area contributed by atoms with Crippen molar-refractivity contribution in [3.63, 3.8) is 0 Å². The highest BCUT2D eigenvalue weighted by atomic mass is 35.5. The van der Waals surface area contributed by atoms with E-state index in [2.05, 4.69) is 9.97 Å². The van der Waals surface area contributed by atoms with E-state index in [1.165, 1.54) is 6.33 Å². The Balaban J connectivity index is 2.55. The van der Waals surface area contributed by atoms with Crippen LogP contribution in [0.3, 0.4) is 0 Å². The Morgan fingerprint density at radius 2 is 2.00 bits per heavy atom. The average Bonchev–Trinajstić information content (AvgIpc) is 2.23. The molecule has 2 nitrogen and oxygen atoms in total. The third-order valence-corrected chi connectivity index (χ3v) is 2.85. The summed E-state index contributed by atoms with van der Waals surface area (Å²) < 4.78 is 0. The Hall–Kier alpha value is -1.12. The van der Waals surface area contributed by atoms with E-state index in [-0.39, 0.29) is 0 Å². The number of hydrogen-bond acceptors (Lipinski definition) is 2. The van der Waals surface area contributed by atoms with E-state index < -0.39 is 0 Å². The largest absolute Gasteiger partial charge is 0.244 e. The summed E-state index contributed by atoms with van der Waals surface area (Å²) in [6, 6.07) is 5.76. The zero-order valence-corrected chi connectivity index (χ0v) is 9.55. The Morgan fingerprint density at radius 1 is 1.20 bits per heavy atom. The first-order valence-corrected chi connectivity index (χ1v) is 5.16. The highest BCUT2D eigenvalue weighted by Crippen LogP contribution is 2.28. The van der Waals surface area contributed by atoms with E-state index in [0.29, 0.717) is 10.2 Å². The Bertz CT molecular complexity index is 498. The zero-order chi connectivity index (χ0) is 10.8. The van der Waals surface area contributed by atoms with Crippen LogP contribution in [0.4, 0.5) is 0 Å². The molecule has 0 aliphatic rings. The summed E-state index contributed by atoms with van der Waals surface area (Å²) in [6.45, 7) is 1.95. The van der Waals surface area contributed by atoms with Gasteiger partial charge in [-0.2, -0.15) is 0 Å². The maximum absolute atomic E-state index is 6.03. The third kappa shape index (κ3) is 2.11. The molecule has 76 valence electrons. The molecule has 2 rings (SSSR count). The van der Waals surface area contributed by atoms with Crippen LogP contribution in [0.5, 0.6) is 0 Å². The van der Waals surface area contributed by atoms with Gasteiger partial charge in [-0.1, -0.05) is 35.3 Å². The van der Waals surface area contributed by atoms with Gasteiger partial charge in [-0.25, -0.2) is 9.97 Å². The smallest absolute Gasteiger partial charge is 0.140 e. The van der Waals surface area contributed by atoms with Crippen molar-refractivity contribution in [3.8, 4) is 11.1 Å². The highest BCUT2D eigenvalue weighted by Gasteiger charge is 2.05. The summed E-state index contributed by atoms with van der Waals surface area (Å²) in [5.74, 6) is 0. The standard InChI is InChI=1S/C11H8Cl2N2/c1-7-2-3-8(4-10(7)12)9-5-14-6-15-11(9)13/h2-6H,1H3. The van der Waals surface area contributed by atoms with Crippen molar-refractivity contribution in [1.82, 2.24) is 9.97 Å². The minimum Gasteiger partial charge on any atom is -0.244 e. The van der Waals surface area contributed by atoms with Gasteiger partial charge in [-0.05, 0) is 24.1 Å². The van der Waals surface area contributed by atoms with Gasteiger partial charge in [0.1, 0.15) is 11.5 Å². The van der Waals surface area contributed by atoms with E-state index in [1.54, 1.807) is 6.20 Å². The summed E-state index contributed by atoms with van der Waals surface area (Å²) in [4.78, 5) is 7.85. The first-order valence-electron chi connectivity index (χ1n) is 4.40. The number of aromatic nitrogens is 2. The van der Waals surface area contributed by atoms with Crippen molar-refractivity contribution in [2.24, 2.45) is 0 Å². The molecule has 0 fully saturated rings. The Kier molecular flexibility index (Phi) is 2.89. The average molecular weight is 239 g/mol. The molecule has 0 unspecified atom stereocenters. The van der Waals surface area contributed by atoms with Gasteiger partial charge in [0.2, 0.25) is 0 Å². The van der Waals surface area contributed by atoms with Crippen LogP contribution in [0.15, 0.2) is 30.7 Å². The predicted octanol–water partition coefficient (Wildman–Crippen LogP) is 3.76. The Morgan fingerprint density at radius 3 is 2.67 bits per heavy atom. The van der Waals surface area contributed by atoms with Crippen LogP contribution in [0, 0.1) is 6.92 Å². The molecule has 0 saturated carbocycles. The number of benzene rings is 1. The first-order chi connectivity index (χ1) is 7.18. The molecule has 0 aliphatic heterocycles. The molecule has 1 heterocycles. The van der Waals surface area contributed by atoms with Crippen LogP contribution in [0.2, 0.25) is 10.2 Å². The SMILES string of the molecule is Cc1ccc(-c2cncnc2Cl)cc1Cl. The van der Waals surface area contributed by atoms with Crippen molar-refractivity contribution >= 4 is 23.2 Å². The van der Waals surface area contributed by atoms with Gasteiger partial charge in [0, 0.05) is 16.8 Å². The molecule has 1 aromatic carbocycles. The number of nitrogens with zero attached hydrogens (tertiary/aromatic N) is 2. The second-order valence-electron chi connectivity index (χ2n) is 3.19. The lowest BCUT2D eigenvalue weighted by Gasteiger charge is -2.04. The lowest BCUT2D eigenvalue weighted by Crippen LogP contribution is -1.86. The van der Waals surface area contributed by atoms with Crippen molar-refractivity contribution in [3.05, 3.63) is 46.5 Å². The molecule has 0 spiro atoms. The fourth-order valence-corrected chi connectivity index (χ4v) is 1.65. The quantitative estimate of drug-likeness (QED) is 0.708. The Labute approximate surface area is 97.9 Å². The molecule has 0 aliphatic carbocycles. The lowest BCUT2D eigenvalue weighted by atomic mass is 10.1. The maximum atomic E-state index is 6.03. The zero-order valence-electron chi connectivity index (χ0n) is 8.04. The minimum absolute atomic E-state index is 0.435. The van der Waals surface area contributed by atoms with Gasteiger partial charge in [0.15, 0.2) is 0 Å². The monoisotopic (exact) mass is 238 g/mol. The number of rotatable bonds is 1. The van der Waals surface area contributed by atoms with E-state index in [0.717, 1.165) is 16.7 Å². The molecule has 0 atom stereocenters. The van der Waals surface area contributed by atoms with E-state index in [1.807, 2.05) is 25.1 Å². The normalized spacial score (nSPS) is 10.3. The summed E-state index contributed by atoms with van der Waals surface area (Å²) in [5.41, 5.74) is 2.76. The van der Waals surface area contributed by atoms with Gasteiger partial charge in [0.25, 0.3) is 0 Å². The van der Waals surface area contributed by atoms with Gasteiger partial charge in [0.05, 0.1) is 0 Å². The molecule has 15 heavy (non-hydrogen) atoms. The first kappa shape index (κ1) is 10.4. The van der Waals surface area contributed by atoms with Gasteiger partial charge < -0.3 is 0 Å². The predicted molar refractivity (Wildman–Crippen MR) is 62.2 cm³/mol. The maximum Gasteiger partial charge on any atom is 0.140 e. The van der Waals surface area contributed by atoms with E-state index in [9.17, 15) is 0 Å². The summed E-state index contributed by atoms with van der Waals surface area (Å²) in [5, 5.41) is 1.15. The molecule has 0 bridgehead atoms. The second-order valence-corrected chi connectivity index (χ2v) is 3.96. The van der Waals surface area contributed by atoms with Crippen LogP contribution in [0.1, 0.15) is 5.56 Å². The van der Waals surface area contributed by atoms with Crippen LogP contribution < -0.4 is 0 Å². The van der Waals surface area contributed by atoms with E-state index in [4.69, 9.17) is 23.2 Å². The number of aryl methyl sites for hydroxylation is 1. The molecule has 0 N–H and O–H groups in total. The fourth-order valence-electron chi connectivity index (χ4n) is 1.27. The summed E-state index contributed by atoms with van der Waals surface area (Å²) >= 11 is 12.0. The van der Waals surface area contributed by atoms with Crippen molar-refractivity contribution in [1.29, 1.82) is 0 Å². The summed E-state index contributed by atoms with van der Waals surface area (Å²) in [6.07, 6.45) is 3.10. The molecule has 0 amide bonds. The summed E-state index contributed by atoms with van der Waals surface area (Å²) in [7, 11) is 0. The molecule has 1 aromatic heterocycles. The van der Waals surface area contributed by atoms with Crippen LogP contribution >= 0.6 is 23.2 Å². The van der Waals surface area contributed by atoms with E-state index >= 15 is 0 Å². The third-order valence-electron chi connectivity index (χ3n) is 2.15. The molecule has 0 radical (unpaired) electrons. The molecule has 4 heteroatoms. The van der Waals surface area contributed by atoms with Crippen molar-refractivity contribution in [2.45, 2.75) is 6.92 Å². The van der Waals surface area contributed by atoms with Crippen LogP contribution in [0.25, 0.3) is 11.1 Å². The molecular formula is C11H8Cl2N2. The second kappa shape index (κ2) is 4.17. The van der Waals surface area contributed by atoms with Gasteiger partial charge >= 0.3 is 0 Å². The van der Waals surface area contributed by atoms with Gasteiger partial charge in [-0.15, -0.1) is 0 Å². The van der Waals surface area contributed by atoms with Crippen LogP contribution in [-0.2, 0) is 0 Å². The highest BCUT2D eigenvalue weighted by molar-refractivity contribution is 6.33. The fraction of sp³-hybridized carbons (Fsp3) is 0.0909. The molecule has 0 saturated heterocycles. The lowest BCUT2D eigenvalue weighted by molar-refractivity contribution is 1.17. The topological polar surface area (TPSA) is 25.8 Å². The molecular weight excluding hydrogens is 231 g/mol. The minimum atomic E-state index is 0.435. The number of halogens is 2. The number of hydrogen-bond donors (Lipinski definition) is 0. The van der Waals surface area contributed by atoms with Crippen LogP contribution in [-0.4, -0.2) is 9.97 Å². The molecule has 2 aromatic rings. The van der Waals surface area contributed by atoms with Crippen molar-refractivity contribution < 1.29 is 0 Å². The van der Waals surface area contributed by atoms with Gasteiger partial charge in [-0.3, -0.25) is 0 Å².